The van der Waals surface area contributed by atoms with Gasteiger partial charge in [-0.15, -0.1) is 0 Å². The molecule has 0 aliphatic carbocycles. The topological polar surface area (TPSA) is 62.5 Å². The van der Waals surface area contributed by atoms with Gasteiger partial charge in [-0.2, -0.15) is 0 Å². The molecule has 6 heteroatoms. The molecule has 0 saturated carbocycles. The highest BCUT2D eigenvalue weighted by molar-refractivity contribution is 5.84. The Hall–Kier alpha value is -2.73. The number of rotatable bonds is 5. The molecule has 0 unspecified atom stereocenters. The molecule has 136 valence electrons. The third-order valence-corrected chi connectivity index (χ3v) is 4.59. The van der Waals surface area contributed by atoms with Crippen LogP contribution < -0.4 is 10.9 Å². The van der Waals surface area contributed by atoms with Crippen molar-refractivity contribution in [2.75, 3.05) is 32.5 Å². The van der Waals surface area contributed by atoms with Crippen LogP contribution in [0.15, 0.2) is 58.5 Å². The van der Waals surface area contributed by atoms with E-state index >= 15 is 0 Å². The molecule has 0 radical (unpaired) electrons. The van der Waals surface area contributed by atoms with E-state index in [-0.39, 0.29) is 11.6 Å². The third kappa shape index (κ3) is 3.75. The summed E-state index contributed by atoms with van der Waals surface area (Å²) in [6.07, 6.45) is 7.21. The summed E-state index contributed by atoms with van der Waals surface area (Å²) in [5.74, 6) is 0.544. The first-order chi connectivity index (χ1) is 12.6. The summed E-state index contributed by atoms with van der Waals surface area (Å²) in [5.41, 5.74) is 1.42. The van der Waals surface area contributed by atoms with Gasteiger partial charge < -0.3 is 10.2 Å². The lowest BCUT2D eigenvalue weighted by Gasteiger charge is -2.32. The van der Waals surface area contributed by atoms with Crippen molar-refractivity contribution in [1.29, 1.82) is 0 Å². The number of hydrogen-bond donors (Lipinski definition) is 1. The summed E-state index contributed by atoms with van der Waals surface area (Å²) in [5, 5.41) is 3.91. The Kier molecular flexibility index (Phi) is 5.63. The Morgan fingerprint density at radius 2 is 2.23 bits per heavy atom. The lowest BCUT2D eigenvalue weighted by atomic mass is 10.1. The molecule has 3 rings (SSSR count). The summed E-state index contributed by atoms with van der Waals surface area (Å²) >= 11 is 0. The second kappa shape index (κ2) is 8.10. The summed E-state index contributed by atoms with van der Waals surface area (Å²) in [4.78, 5) is 24.3. The summed E-state index contributed by atoms with van der Waals surface area (Å²) in [6.45, 7) is 5.63. The van der Waals surface area contributed by atoms with Crippen molar-refractivity contribution in [1.82, 2.24) is 14.5 Å². The van der Waals surface area contributed by atoms with Gasteiger partial charge in [0, 0.05) is 19.8 Å². The minimum absolute atomic E-state index is 0.00945. The SMILES string of the molecule is C=C/C=C(\C=NC)Nc1nc2ccccc2c(=O)n1[C@@H]1CCCN(C)C1. The number of allylic oxidation sites excluding steroid dienone is 3. The van der Waals surface area contributed by atoms with Crippen LogP contribution in [0.2, 0.25) is 0 Å². The molecule has 1 saturated heterocycles. The Labute approximate surface area is 153 Å². The number of aromatic nitrogens is 2. The standard InChI is InChI=1S/C20H25N5O/c1-4-8-15(13-21-2)22-20-23-18-11-6-5-10-17(18)19(26)25(20)16-9-7-12-24(3)14-16/h4-6,8,10-11,13,16H,1,7,9,12,14H2,2-3H3,(H,22,23)/b15-8+,21-13?/t16-/m1/s1. The molecule has 1 aromatic heterocycles. The van der Waals surface area contributed by atoms with Crippen molar-refractivity contribution in [2.45, 2.75) is 18.9 Å². The number of piperidine rings is 1. The van der Waals surface area contributed by atoms with Crippen molar-refractivity contribution >= 4 is 23.1 Å². The molecule has 0 amide bonds. The van der Waals surface area contributed by atoms with Crippen LogP contribution >= 0.6 is 0 Å². The fourth-order valence-corrected chi connectivity index (χ4v) is 3.43. The number of hydrogen-bond acceptors (Lipinski definition) is 5. The monoisotopic (exact) mass is 351 g/mol. The van der Waals surface area contributed by atoms with Gasteiger partial charge in [-0.3, -0.25) is 14.4 Å². The molecule has 1 atom stereocenters. The van der Waals surface area contributed by atoms with E-state index in [1.165, 1.54) is 0 Å². The summed E-state index contributed by atoms with van der Waals surface area (Å²) in [6, 6.07) is 7.56. The maximum Gasteiger partial charge on any atom is 0.263 e. The molecule has 1 N–H and O–H groups in total. The van der Waals surface area contributed by atoms with Gasteiger partial charge in [0.1, 0.15) is 0 Å². The normalized spacial score (nSPS) is 19.2. The van der Waals surface area contributed by atoms with Crippen LogP contribution in [-0.4, -0.2) is 47.9 Å². The van der Waals surface area contributed by atoms with Crippen LogP contribution in [0.3, 0.4) is 0 Å². The number of nitrogens with one attached hydrogen (secondary N) is 1. The Balaban J connectivity index is 2.15. The van der Waals surface area contributed by atoms with Gasteiger partial charge in [0.2, 0.25) is 5.95 Å². The molecule has 1 aliphatic rings. The highest BCUT2D eigenvalue weighted by atomic mass is 16.1. The maximum absolute atomic E-state index is 13.2. The van der Waals surface area contributed by atoms with Gasteiger partial charge >= 0.3 is 0 Å². The average molecular weight is 351 g/mol. The molecular formula is C20H25N5O. The first-order valence-corrected chi connectivity index (χ1v) is 8.85. The zero-order valence-electron chi connectivity index (χ0n) is 15.4. The molecule has 2 heterocycles. The first kappa shape index (κ1) is 18.1. The molecule has 0 bridgehead atoms. The van der Waals surface area contributed by atoms with Crippen LogP contribution in [0.5, 0.6) is 0 Å². The van der Waals surface area contributed by atoms with Gasteiger partial charge in [0.25, 0.3) is 5.56 Å². The second-order valence-electron chi connectivity index (χ2n) is 6.56. The Bertz CT molecular complexity index is 912. The van der Waals surface area contributed by atoms with Gasteiger partial charge in [0.15, 0.2) is 0 Å². The van der Waals surface area contributed by atoms with E-state index in [2.05, 4.69) is 28.8 Å². The molecular weight excluding hydrogens is 326 g/mol. The lowest BCUT2D eigenvalue weighted by molar-refractivity contribution is 0.210. The molecule has 1 fully saturated rings. The number of para-hydroxylation sites is 1. The minimum atomic E-state index is -0.00945. The number of fused-ring (bicyclic) bond motifs is 1. The zero-order chi connectivity index (χ0) is 18.5. The summed E-state index contributed by atoms with van der Waals surface area (Å²) in [7, 11) is 3.79. The predicted molar refractivity (Wildman–Crippen MR) is 108 cm³/mol. The van der Waals surface area contributed by atoms with Crippen molar-refractivity contribution in [3.05, 3.63) is 59.0 Å². The van der Waals surface area contributed by atoms with Gasteiger partial charge in [-0.25, -0.2) is 4.98 Å². The fraction of sp³-hybridized carbons (Fsp3) is 0.350. The Morgan fingerprint density at radius 3 is 2.96 bits per heavy atom. The largest absolute Gasteiger partial charge is 0.324 e. The van der Waals surface area contributed by atoms with E-state index in [1.54, 1.807) is 23.9 Å². The van der Waals surface area contributed by atoms with Crippen molar-refractivity contribution in [3.63, 3.8) is 0 Å². The average Bonchev–Trinajstić information content (AvgIpc) is 2.62. The molecule has 26 heavy (non-hydrogen) atoms. The van der Waals surface area contributed by atoms with Crippen LogP contribution in [-0.2, 0) is 0 Å². The van der Waals surface area contributed by atoms with Crippen LogP contribution in [0.1, 0.15) is 18.9 Å². The summed E-state index contributed by atoms with van der Waals surface area (Å²) < 4.78 is 1.80. The van der Waals surface area contributed by atoms with E-state index in [9.17, 15) is 4.79 Å². The maximum atomic E-state index is 13.2. The van der Waals surface area contributed by atoms with Crippen molar-refractivity contribution < 1.29 is 0 Å². The number of nitrogens with zero attached hydrogens (tertiary/aromatic N) is 4. The lowest BCUT2D eigenvalue weighted by Crippen LogP contribution is -2.39. The third-order valence-electron chi connectivity index (χ3n) is 4.59. The van der Waals surface area contributed by atoms with Gasteiger partial charge in [-0.05, 0) is 44.6 Å². The minimum Gasteiger partial charge on any atom is -0.324 e. The smallest absolute Gasteiger partial charge is 0.263 e. The molecule has 2 aromatic rings. The van der Waals surface area contributed by atoms with E-state index in [4.69, 9.17) is 4.98 Å². The molecule has 1 aromatic carbocycles. The molecule has 6 nitrogen and oxygen atoms in total. The van der Waals surface area contributed by atoms with E-state index < -0.39 is 0 Å². The molecule has 1 aliphatic heterocycles. The number of benzene rings is 1. The van der Waals surface area contributed by atoms with Crippen molar-refractivity contribution in [3.8, 4) is 0 Å². The highest BCUT2D eigenvalue weighted by Gasteiger charge is 2.24. The highest BCUT2D eigenvalue weighted by Crippen LogP contribution is 2.24. The van der Waals surface area contributed by atoms with Crippen LogP contribution in [0.4, 0.5) is 5.95 Å². The number of anilines is 1. The Morgan fingerprint density at radius 1 is 1.42 bits per heavy atom. The van der Waals surface area contributed by atoms with Crippen LogP contribution in [0, 0.1) is 0 Å². The molecule has 0 spiro atoms. The quantitative estimate of drug-likeness (QED) is 0.665. The second-order valence-corrected chi connectivity index (χ2v) is 6.56. The predicted octanol–water partition coefficient (Wildman–Crippen LogP) is 2.85. The van der Waals surface area contributed by atoms with Gasteiger partial charge in [-0.1, -0.05) is 24.8 Å². The number of aliphatic imine (C=N–C) groups is 1. The van der Waals surface area contributed by atoms with Crippen molar-refractivity contribution in [2.24, 2.45) is 4.99 Å². The van der Waals surface area contributed by atoms with Crippen LogP contribution in [0.25, 0.3) is 10.9 Å². The fourth-order valence-electron chi connectivity index (χ4n) is 3.43. The van der Waals surface area contributed by atoms with E-state index in [1.807, 2.05) is 30.3 Å². The van der Waals surface area contributed by atoms with E-state index in [0.717, 1.165) is 31.6 Å². The van der Waals surface area contributed by atoms with Gasteiger partial charge in [0.05, 0.1) is 22.6 Å². The van der Waals surface area contributed by atoms with E-state index in [0.29, 0.717) is 16.9 Å². The number of likely N-dealkylation sites (N-methyl/N-ethyl adjacent to an activating group) is 1. The zero-order valence-corrected chi connectivity index (χ0v) is 15.4. The first-order valence-electron chi connectivity index (χ1n) is 8.85. The number of likely N-dealkylation sites (tertiary alicyclic amines) is 1.